The molecule has 3 aromatic heterocycles. The van der Waals surface area contributed by atoms with E-state index in [1.54, 1.807) is 23.0 Å². The summed E-state index contributed by atoms with van der Waals surface area (Å²) in [5, 5.41) is 13.3. The van der Waals surface area contributed by atoms with Gasteiger partial charge in [-0.1, -0.05) is 17.3 Å². The fraction of sp³-hybridized carbons (Fsp3) is 0.235. The molecule has 0 aliphatic rings. The molecule has 3 heterocycles. The van der Waals surface area contributed by atoms with E-state index in [2.05, 4.69) is 39.2 Å². The highest BCUT2D eigenvalue weighted by Gasteiger charge is 2.15. The SMILES string of the molecule is CC(C)n1ccc(Cn2cc(-c3nc(N)nc4c(F)cccc34)nn2)n1. The van der Waals surface area contributed by atoms with Crippen LogP contribution in [0.15, 0.2) is 36.7 Å². The Morgan fingerprint density at radius 1 is 1.19 bits per heavy atom. The van der Waals surface area contributed by atoms with E-state index in [4.69, 9.17) is 5.73 Å². The molecule has 0 radical (unpaired) electrons. The lowest BCUT2D eigenvalue weighted by atomic mass is 10.1. The predicted octanol–water partition coefficient (Wildman–Crippen LogP) is 2.44. The summed E-state index contributed by atoms with van der Waals surface area (Å²) in [6, 6.07) is 6.90. The first-order valence-electron chi connectivity index (χ1n) is 8.17. The third kappa shape index (κ3) is 2.87. The fourth-order valence-corrected chi connectivity index (χ4v) is 2.73. The van der Waals surface area contributed by atoms with Gasteiger partial charge in [0.15, 0.2) is 0 Å². The van der Waals surface area contributed by atoms with Crippen molar-refractivity contribution in [1.29, 1.82) is 0 Å². The highest BCUT2D eigenvalue weighted by molar-refractivity contribution is 5.92. The predicted molar refractivity (Wildman–Crippen MR) is 94.6 cm³/mol. The first kappa shape index (κ1) is 16.1. The van der Waals surface area contributed by atoms with E-state index in [-0.39, 0.29) is 11.5 Å². The number of nitrogens with two attached hydrogens (primary N) is 1. The van der Waals surface area contributed by atoms with Gasteiger partial charge in [0.1, 0.15) is 22.7 Å². The van der Waals surface area contributed by atoms with Crippen molar-refractivity contribution in [2.24, 2.45) is 0 Å². The maximum Gasteiger partial charge on any atom is 0.221 e. The van der Waals surface area contributed by atoms with Gasteiger partial charge in [-0.2, -0.15) is 5.10 Å². The number of para-hydroxylation sites is 1. The van der Waals surface area contributed by atoms with E-state index in [0.717, 1.165) is 5.69 Å². The average Bonchev–Trinajstić information content (AvgIpc) is 3.25. The number of aromatic nitrogens is 7. The van der Waals surface area contributed by atoms with Gasteiger partial charge in [-0.25, -0.2) is 19.0 Å². The zero-order chi connectivity index (χ0) is 18.3. The molecule has 0 bridgehead atoms. The van der Waals surface area contributed by atoms with Crippen molar-refractivity contribution in [1.82, 2.24) is 34.7 Å². The maximum atomic E-state index is 14.0. The van der Waals surface area contributed by atoms with Crippen LogP contribution in [0.5, 0.6) is 0 Å². The second-order valence-corrected chi connectivity index (χ2v) is 6.25. The van der Waals surface area contributed by atoms with Gasteiger partial charge in [0, 0.05) is 17.6 Å². The van der Waals surface area contributed by atoms with Gasteiger partial charge in [-0.3, -0.25) is 4.68 Å². The lowest BCUT2D eigenvalue weighted by Gasteiger charge is -2.04. The lowest BCUT2D eigenvalue weighted by molar-refractivity contribution is 0.519. The molecular weight excluding hydrogens is 335 g/mol. The van der Waals surface area contributed by atoms with Crippen LogP contribution in [0, 0.1) is 5.82 Å². The first-order chi connectivity index (χ1) is 12.5. The molecule has 0 aliphatic carbocycles. The van der Waals surface area contributed by atoms with Crippen LogP contribution in [0.1, 0.15) is 25.6 Å². The van der Waals surface area contributed by atoms with E-state index in [9.17, 15) is 4.39 Å². The molecule has 0 atom stereocenters. The molecule has 0 unspecified atom stereocenters. The maximum absolute atomic E-state index is 14.0. The molecule has 0 spiro atoms. The summed E-state index contributed by atoms with van der Waals surface area (Å²) in [6.07, 6.45) is 3.67. The molecule has 0 fully saturated rings. The third-order valence-corrected chi connectivity index (χ3v) is 3.99. The normalized spacial score (nSPS) is 11.5. The van der Waals surface area contributed by atoms with Crippen LogP contribution in [0.4, 0.5) is 10.3 Å². The Bertz CT molecular complexity index is 1080. The van der Waals surface area contributed by atoms with Crippen LogP contribution in [0.2, 0.25) is 0 Å². The Morgan fingerprint density at radius 2 is 2.04 bits per heavy atom. The van der Waals surface area contributed by atoms with Crippen LogP contribution < -0.4 is 5.73 Å². The Hall–Kier alpha value is -3.36. The van der Waals surface area contributed by atoms with Gasteiger partial charge in [0.25, 0.3) is 0 Å². The van der Waals surface area contributed by atoms with Gasteiger partial charge in [0.2, 0.25) is 5.95 Å². The molecule has 1 aromatic carbocycles. The molecule has 0 aliphatic heterocycles. The second-order valence-electron chi connectivity index (χ2n) is 6.25. The van der Waals surface area contributed by atoms with Crippen molar-refractivity contribution < 1.29 is 4.39 Å². The quantitative estimate of drug-likeness (QED) is 0.605. The standard InChI is InChI=1S/C17H17FN8/c1-10(2)26-7-6-11(23-26)8-25-9-14(22-24-25)16-12-4-3-5-13(18)15(12)20-17(19)21-16/h3-7,9-10H,8H2,1-2H3,(H2,19,20,21). The number of rotatable bonds is 4. The van der Waals surface area contributed by atoms with Crippen LogP contribution in [-0.2, 0) is 6.54 Å². The molecule has 0 saturated heterocycles. The van der Waals surface area contributed by atoms with Crippen molar-refractivity contribution in [2.75, 3.05) is 5.73 Å². The van der Waals surface area contributed by atoms with Crippen LogP contribution in [0.25, 0.3) is 22.3 Å². The Labute approximate surface area is 148 Å². The number of nitrogens with zero attached hydrogens (tertiary/aromatic N) is 7. The average molecular weight is 352 g/mol. The van der Waals surface area contributed by atoms with Crippen molar-refractivity contribution in [3.63, 3.8) is 0 Å². The number of anilines is 1. The van der Waals surface area contributed by atoms with E-state index in [1.807, 2.05) is 16.9 Å². The zero-order valence-corrected chi connectivity index (χ0v) is 14.3. The van der Waals surface area contributed by atoms with Gasteiger partial charge in [-0.15, -0.1) is 5.10 Å². The number of hydrogen-bond acceptors (Lipinski definition) is 6. The van der Waals surface area contributed by atoms with Crippen molar-refractivity contribution in [2.45, 2.75) is 26.4 Å². The molecule has 132 valence electrons. The number of benzene rings is 1. The number of hydrogen-bond donors (Lipinski definition) is 1. The molecule has 9 heteroatoms. The number of halogens is 1. The van der Waals surface area contributed by atoms with Crippen molar-refractivity contribution in [3.05, 3.63) is 48.2 Å². The monoisotopic (exact) mass is 352 g/mol. The minimum atomic E-state index is -0.454. The van der Waals surface area contributed by atoms with Gasteiger partial charge < -0.3 is 5.73 Å². The Kier molecular flexibility index (Phi) is 3.83. The van der Waals surface area contributed by atoms with E-state index >= 15 is 0 Å². The number of nitrogen functional groups attached to an aromatic ring is 1. The molecule has 26 heavy (non-hydrogen) atoms. The largest absolute Gasteiger partial charge is 0.368 e. The zero-order valence-electron chi connectivity index (χ0n) is 14.3. The molecular formula is C17H17FN8. The highest BCUT2D eigenvalue weighted by atomic mass is 19.1. The summed E-state index contributed by atoms with van der Waals surface area (Å²) in [5.74, 6) is -0.465. The fourth-order valence-electron chi connectivity index (χ4n) is 2.73. The minimum Gasteiger partial charge on any atom is -0.368 e. The Morgan fingerprint density at radius 3 is 2.81 bits per heavy atom. The van der Waals surface area contributed by atoms with Crippen LogP contribution in [0.3, 0.4) is 0 Å². The second kappa shape index (κ2) is 6.17. The van der Waals surface area contributed by atoms with E-state index in [1.165, 1.54) is 6.07 Å². The summed E-state index contributed by atoms with van der Waals surface area (Å²) in [7, 11) is 0. The molecule has 0 amide bonds. The molecule has 2 N–H and O–H groups in total. The summed E-state index contributed by atoms with van der Waals surface area (Å²) in [5.41, 5.74) is 7.72. The van der Waals surface area contributed by atoms with E-state index in [0.29, 0.717) is 29.4 Å². The first-order valence-corrected chi connectivity index (χ1v) is 8.17. The molecule has 4 rings (SSSR count). The van der Waals surface area contributed by atoms with Gasteiger partial charge in [0.05, 0.1) is 18.4 Å². The Balaban J connectivity index is 1.70. The van der Waals surface area contributed by atoms with Crippen molar-refractivity contribution >= 4 is 16.9 Å². The molecule has 4 aromatic rings. The lowest BCUT2D eigenvalue weighted by Crippen LogP contribution is -2.05. The summed E-state index contributed by atoms with van der Waals surface area (Å²) >= 11 is 0. The van der Waals surface area contributed by atoms with E-state index < -0.39 is 5.82 Å². The topological polar surface area (TPSA) is 100 Å². The smallest absolute Gasteiger partial charge is 0.221 e. The van der Waals surface area contributed by atoms with Crippen LogP contribution in [-0.4, -0.2) is 34.7 Å². The van der Waals surface area contributed by atoms with Gasteiger partial charge >= 0.3 is 0 Å². The summed E-state index contributed by atoms with van der Waals surface area (Å²) < 4.78 is 17.6. The summed E-state index contributed by atoms with van der Waals surface area (Å²) in [6.45, 7) is 4.60. The highest BCUT2D eigenvalue weighted by Crippen LogP contribution is 2.26. The minimum absolute atomic E-state index is 0.0113. The van der Waals surface area contributed by atoms with Gasteiger partial charge in [-0.05, 0) is 26.0 Å². The molecule has 8 nitrogen and oxygen atoms in total. The number of fused-ring (bicyclic) bond motifs is 1. The molecule has 0 saturated carbocycles. The third-order valence-electron chi connectivity index (χ3n) is 3.99. The van der Waals surface area contributed by atoms with Crippen LogP contribution >= 0.6 is 0 Å². The summed E-state index contributed by atoms with van der Waals surface area (Å²) in [4.78, 5) is 8.20. The van der Waals surface area contributed by atoms with Crippen molar-refractivity contribution in [3.8, 4) is 11.4 Å².